The lowest BCUT2D eigenvalue weighted by Gasteiger charge is -2.07. The van der Waals surface area contributed by atoms with Crippen molar-refractivity contribution in [2.24, 2.45) is 5.73 Å². The number of hydrogen-bond donors (Lipinski definition) is 2. The van der Waals surface area contributed by atoms with Gasteiger partial charge >= 0.3 is 0 Å². The second-order valence-electron chi connectivity index (χ2n) is 4.20. The van der Waals surface area contributed by atoms with E-state index in [9.17, 15) is 4.79 Å². The summed E-state index contributed by atoms with van der Waals surface area (Å²) in [6.45, 7) is 0.402. The zero-order valence-electron chi connectivity index (χ0n) is 10.6. The summed E-state index contributed by atoms with van der Waals surface area (Å²) >= 11 is 5.88. The van der Waals surface area contributed by atoms with Gasteiger partial charge in [0.05, 0.1) is 11.6 Å². The van der Waals surface area contributed by atoms with Crippen LogP contribution in [0.2, 0.25) is 5.02 Å². The van der Waals surface area contributed by atoms with E-state index in [4.69, 9.17) is 22.6 Å². The highest BCUT2D eigenvalue weighted by atomic mass is 35.5. The molecule has 1 amide bonds. The summed E-state index contributed by atoms with van der Waals surface area (Å²) in [6, 6.07) is 13.7. The van der Waals surface area contributed by atoms with E-state index in [-0.39, 0.29) is 5.91 Å². The van der Waals surface area contributed by atoms with Crippen LogP contribution < -0.4 is 11.1 Å². The Morgan fingerprint density at radius 3 is 2.80 bits per heavy atom. The van der Waals surface area contributed by atoms with Crippen molar-refractivity contribution in [2.75, 3.05) is 5.32 Å². The van der Waals surface area contributed by atoms with Gasteiger partial charge in [-0.25, -0.2) is 0 Å². The minimum atomic E-state index is -0.321. The predicted molar refractivity (Wildman–Crippen MR) is 78.5 cm³/mol. The number of hydrogen-bond acceptors (Lipinski definition) is 3. The molecule has 0 aliphatic carbocycles. The number of benzene rings is 2. The summed E-state index contributed by atoms with van der Waals surface area (Å²) in [4.78, 5) is 12.1. The van der Waals surface area contributed by atoms with Gasteiger partial charge in [0.1, 0.15) is 0 Å². The van der Waals surface area contributed by atoms with Gasteiger partial charge in [0.15, 0.2) is 0 Å². The van der Waals surface area contributed by atoms with Gasteiger partial charge in [0.2, 0.25) is 0 Å². The van der Waals surface area contributed by atoms with Crippen molar-refractivity contribution in [1.29, 1.82) is 5.26 Å². The number of halogens is 1. The third-order valence-electron chi connectivity index (χ3n) is 2.71. The van der Waals surface area contributed by atoms with Crippen molar-refractivity contribution < 1.29 is 4.79 Å². The Labute approximate surface area is 121 Å². The van der Waals surface area contributed by atoms with Crippen LogP contribution in [0, 0.1) is 11.3 Å². The fraction of sp³-hybridized carbons (Fsp3) is 0.0667. The lowest BCUT2D eigenvalue weighted by Crippen LogP contribution is -2.12. The Kier molecular flexibility index (Phi) is 4.36. The molecule has 0 fully saturated rings. The minimum absolute atomic E-state index is 0.321. The molecule has 0 aliphatic heterocycles. The van der Waals surface area contributed by atoms with Crippen LogP contribution in [0.4, 0.5) is 5.69 Å². The molecule has 0 unspecified atom stereocenters. The molecule has 5 heteroatoms. The number of anilines is 1. The minimum Gasteiger partial charge on any atom is -0.326 e. The molecule has 2 aromatic rings. The predicted octanol–water partition coefficient (Wildman–Crippen LogP) is 2.92. The second-order valence-corrected chi connectivity index (χ2v) is 4.64. The largest absolute Gasteiger partial charge is 0.326 e. The molecular weight excluding hydrogens is 274 g/mol. The average Bonchev–Trinajstić information content (AvgIpc) is 2.46. The van der Waals surface area contributed by atoms with E-state index in [1.165, 1.54) is 18.2 Å². The van der Waals surface area contributed by atoms with Crippen molar-refractivity contribution in [2.45, 2.75) is 6.54 Å². The van der Waals surface area contributed by atoms with Crippen LogP contribution in [0.3, 0.4) is 0 Å². The van der Waals surface area contributed by atoms with E-state index in [0.29, 0.717) is 28.4 Å². The zero-order valence-corrected chi connectivity index (χ0v) is 11.3. The smallest absolute Gasteiger partial charge is 0.255 e. The van der Waals surface area contributed by atoms with Crippen LogP contribution in [0.25, 0.3) is 0 Å². The molecule has 0 atom stereocenters. The number of nitriles is 1. The van der Waals surface area contributed by atoms with Crippen LogP contribution in [-0.4, -0.2) is 5.91 Å². The topological polar surface area (TPSA) is 78.9 Å². The van der Waals surface area contributed by atoms with E-state index < -0.39 is 0 Å². The highest BCUT2D eigenvalue weighted by Crippen LogP contribution is 2.17. The molecule has 2 aromatic carbocycles. The molecule has 4 nitrogen and oxygen atoms in total. The molecule has 0 spiro atoms. The number of nitrogens with zero attached hydrogens (tertiary/aromatic N) is 1. The van der Waals surface area contributed by atoms with E-state index >= 15 is 0 Å². The van der Waals surface area contributed by atoms with Crippen LogP contribution in [0.15, 0.2) is 42.5 Å². The lowest BCUT2D eigenvalue weighted by atomic mass is 10.1. The quantitative estimate of drug-likeness (QED) is 0.910. The first-order valence-corrected chi connectivity index (χ1v) is 6.31. The van der Waals surface area contributed by atoms with Gasteiger partial charge in [-0.15, -0.1) is 0 Å². The van der Waals surface area contributed by atoms with Gasteiger partial charge in [-0.1, -0.05) is 23.7 Å². The molecule has 0 radical (unpaired) electrons. The summed E-state index contributed by atoms with van der Waals surface area (Å²) in [5.74, 6) is -0.321. The first kappa shape index (κ1) is 14.1. The van der Waals surface area contributed by atoms with Crippen LogP contribution in [-0.2, 0) is 6.54 Å². The fourth-order valence-corrected chi connectivity index (χ4v) is 2.00. The summed E-state index contributed by atoms with van der Waals surface area (Å²) in [6.07, 6.45) is 0. The molecule has 0 bridgehead atoms. The van der Waals surface area contributed by atoms with E-state index in [1.54, 1.807) is 12.1 Å². The summed E-state index contributed by atoms with van der Waals surface area (Å²) in [5, 5.41) is 12.0. The molecule has 2 rings (SSSR count). The van der Waals surface area contributed by atoms with Gasteiger partial charge < -0.3 is 11.1 Å². The Morgan fingerprint density at radius 1 is 1.30 bits per heavy atom. The van der Waals surface area contributed by atoms with Crippen LogP contribution in [0.1, 0.15) is 21.5 Å². The van der Waals surface area contributed by atoms with Gasteiger partial charge in [0, 0.05) is 22.8 Å². The van der Waals surface area contributed by atoms with E-state index in [0.717, 1.165) is 5.56 Å². The van der Waals surface area contributed by atoms with Crippen molar-refractivity contribution in [3.8, 4) is 6.07 Å². The number of rotatable bonds is 3. The number of carbonyl (C=O) groups is 1. The van der Waals surface area contributed by atoms with Crippen molar-refractivity contribution in [1.82, 2.24) is 0 Å². The number of carbonyl (C=O) groups excluding carboxylic acids is 1. The highest BCUT2D eigenvalue weighted by molar-refractivity contribution is 6.31. The average molecular weight is 286 g/mol. The Morgan fingerprint density at radius 2 is 2.10 bits per heavy atom. The first-order chi connectivity index (χ1) is 9.62. The second kappa shape index (κ2) is 6.20. The fourth-order valence-electron chi connectivity index (χ4n) is 1.76. The number of amides is 1. The van der Waals surface area contributed by atoms with Crippen molar-refractivity contribution in [3.05, 3.63) is 64.2 Å². The van der Waals surface area contributed by atoms with Crippen LogP contribution >= 0.6 is 11.6 Å². The lowest BCUT2D eigenvalue weighted by molar-refractivity contribution is 0.102. The highest BCUT2D eigenvalue weighted by Gasteiger charge is 2.09. The molecule has 0 saturated heterocycles. The van der Waals surface area contributed by atoms with Gasteiger partial charge in [-0.3, -0.25) is 4.79 Å². The molecule has 0 aliphatic rings. The van der Waals surface area contributed by atoms with Crippen molar-refractivity contribution >= 4 is 23.2 Å². The van der Waals surface area contributed by atoms with E-state index in [1.807, 2.05) is 18.2 Å². The maximum atomic E-state index is 12.1. The molecule has 0 saturated carbocycles. The Balaban J connectivity index is 2.24. The third kappa shape index (κ3) is 3.35. The molecule has 0 heterocycles. The first-order valence-electron chi connectivity index (χ1n) is 5.93. The Hall–Kier alpha value is -2.35. The maximum absolute atomic E-state index is 12.1. The molecule has 100 valence electrons. The number of nitrogens with one attached hydrogen (secondary N) is 1. The van der Waals surface area contributed by atoms with Gasteiger partial charge in [-0.05, 0) is 35.9 Å². The SMILES string of the molecule is N#Cc1cc(Cl)cc(C(=O)Nc2cccc(CN)c2)c1. The zero-order chi connectivity index (χ0) is 14.5. The molecule has 0 aromatic heterocycles. The molecule has 3 N–H and O–H groups in total. The molecular formula is C15H12ClN3O. The summed E-state index contributed by atoms with van der Waals surface area (Å²) < 4.78 is 0. The summed E-state index contributed by atoms with van der Waals surface area (Å²) in [7, 11) is 0. The Bertz CT molecular complexity index is 692. The van der Waals surface area contributed by atoms with Crippen molar-refractivity contribution in [3.63, 3.8) is 0 Å². The monoisotopic (exact) mass is 285 g/mol. The van der Waals surface area contributed by atoms with E-state index in [2.05, 4.69) is 5.32 Å². The standard InChI is InChI=1S/C15H12ClN3O/c16-13-5-11(9-18)4-12(7-13)15(20)19-14-3-1-2-10(6-14)8-17/h1-7H,8,17H2,(H,19,20). The summed E-state index contributed by atoms with van der Waals surface area (Å²) in [5.41, 5.74) is 7.81. The van der Waals surface area contributed by atoms with Crippen LogP contribution in [0.5, 0.6) is 0 Å². The van der Waals surface area contributed by atoms with Gasteiger partial charge in [-0.2, -0.15) is 5.26 Å². The third-order valence-corrected chi connectivity index (χ3v) is 2.93. The normalized spacial score (nSPS) is 9.85. The van der Waals surface area contributed by atoms with Gasteiger partial charge in [0.25, 0.3) is 5.91 Å². The number of nitrogens with two attached hydrogens (primary N) is 1. The molecule has 20 heavy (non-hydrogen) atoms. The maximum Gasteiger partial charge on any atom is 0.255 e.